The van der Waals surface area contributed by atoms with Crippen molar-refractivity contribution in [1.82, 2.24) is 19.5 Å². The molecule has 1 atom stereocenters. The van der Waals surface area contributed by atoms with Crippen LogP contribution >= 0.6 is 11.3 Å². The summed E-state index contributed by atoms with van der Waals surface area (Å²) in [6.07, 6.45) is 1.15. The summed E-state index contributed by atoms with van der Waals surface area (Å²) in [5, 5.41) is 5.92. The molecule has 3 aromatic rings. The highest BCUT2D eigenvalue weighted by Crippen LogP contribution is 2.35. The third-order valence-electron chi connectivity index (χ3n) is 6.28. The largest absolute Gasteiger partial charge is 0.433 e. The fourth-order valence-electron chi connectivity index (χ4n) is 4.77. The number of nitrogens with zero attached hydrogens (tertiary/aromatic N) is 4. The zero-order valence-corrected chi connectivity index (χ0v) is 18.0. The first-order valence-corrected chi connectivity index (χ1v) is 11.5. The lowest BCUT2D eigenvalue weighted by Gasteiger charge is -2.33. The van der Waals surface area contributed by atoms with Gasteiger partial charge in [0.2, 0.25) is 0 Å². The summed E-state index contributed by atoms with van der Waals surface area (Å²) >= 11 is 1.66. The van der Waals surface area contributed by atoms with E-state index >= 15 is 0 Å². The molecule has 0 saturated carbocycles. The number of carbonyl (C=O) groups is 1. The second-order valence-electron chi connectivity index (χ2n) is 8.47. The molecule has 3 aromatic heterocycles. The molecule has 0 N–H and O–H groups in total. The summed E-state index contributed by atoms with van der Waals surface area (Å²) in [7, 11) is 0. The number of halogens is 3. The third kappa shape index (κ3) is 3.73. The van der Waals surface area contributed by atoms with E-state index in [9.17, 15) is 18.0 Å². The molecule has 0 spiro atoms. The molecule has 2 aliphatic rings. The van der Waals surface area contributed by atoms with Crippen LogP contribution in [0.2, 0.25) is 0 Å². The molecule has 1 unspecified atom stereocenters. The number of aryl methyl sites for hydroxylation is 2. The van der Waals surface area contributed by atoms with E-state index in [0.29, 0.717) is 30.9 Å². The number of aromatic nitrogens is 3. The van der Waals surface area contributed by atoms with Crippen molar-refractivity contribution in [3.05, 3.63) is 50.6 Å². The first-order valence-electron chi connectivity index (χ1n) is 10.6. The van der Waals surface area contributed by atoms with E-state index < -0.39 is 11.9 Å². The number of piperidine rings is 1. The maximum absolute atomic E-state index is 13.7. The molecule has 31 heavy (non-hydrogen) atoms. The van der Waals surface area contributed by atoms with Crippen LogP contribution in [0.3, 0.4) is 0 Å². The maximum Gasteiger partial charge on any atom is 0.433 e. The number of hydrogen-bond acceptors (Lipinski definition) is 4. The van der Waals surface area contributed by atoms with E-state index in [1.165, 1.54) is 10.4 Å². The third-order valence-corrected chi connectivity index (χ3v) is 7.37. The normalized spacial score (nSPS) is 19.6. The maximum atomic E-state index is 13.7. The Labute approximate surface area is 181 Å². The molecule has 5 nitrogen and oxygen atoms in total. The molecule has 164 valence electrons. The fraction of sp³-hybridized carbons (Fsp3) is 0.500. The lowest BCUT2D eigenvalue weighted by molar-refractivity contribution is -0.142. The standard InChI is InChI=1S/C22H23F3N4OS/c1-13-9-20-26-17(10-19(22(23,24)25)29(20)27-13)14-5-4-8-28(11-14)21(30)16-12-31-18-7-3-2-6-15(16)18/h9-10,12,14H,2-8,11H2,1H3. The van der Waals surface area contributed by atoms with E-state index in [1.54, 1.807) is 29.2 Å². The summed E-state index contributed by atoms with van der Waals surface area (Å²) in [5.74, 6) is -0.227. The molecular formula is C22H23F3N4OS. The molecule has 1 aliphatic heterocycles. The van der Waals surface area contributed by atoms with Crippen molar-refractivity contribution < 1.29 is 18.0 Å². The number of carbonyl (C=O) groups excluding carboxylic acids is 1. The fourth-order valence-corrected chi connectivity index (χ4v) is 5.89. The van der Waals surface area contributed by atoms with Crippen molar-refractivity contribution in [1.29, 1.82) is 0 Å². The zero-order valence-electron chi connectivity index (χ0n) is 17.2. The van der Waals surface area contributed by atoms with Crippen LogP contribution in [-0.2, 0) is 19.0 Å². The minimum atomic E-state index is -4.53. The molecule has 5 rings (SSSR count). The van der Waals surface area contributed by atoms with Gasteiger partial charge >= 0.3 is 6.18 Å². The Kier molecular flexibility index (Phi) is 5.03. The number of thiophene rings is 1. The predicted octanol–water partition coefficient (Wildman–Crippen LogP) is 5.02. The Morgan fingerprint density at radius 3 is 2.81 bits per heavy atom. The number of fused-ring (bicyclic) bond motifs is 2. The van der Waals surface area contributed by atoms with Gasteiger partial charge in [0.05, 0.1) is 11.3 Å². The molecule has 4 heterocycles. The van der Waals surface area contributed by atoms with Crippen LogP contribution in [0.5, 0.6) is 0 Å². The second kappa shape index (κ2) is 7.62. The molecule has 0 aromatic carbocycles. The number of hydrogen-bond donors (Lipinski definition) is 0. The highest BCUT2D eigenvalue weighted by atomic mass is 32.1. The van der Waals surface area contributed by atoms with Gasteiger partial charge in [-0.25, -0.2) is 9.50 Å². The van der Waals surface area contributed by atoms with Crippen molar-refractivity contribution in [3.8, 4) is 0 Å². The van der Waals surface area contributed by atoms with Gasteiger partial charge < -0.3 is 4.90 Å². The summed E-state index contributed by atoms with van der Waals surface area (Å²) < 4.78 is 41.9. The van der Waals surface area contributed by atoms with Crippen LogP contribution in [0.4, 0.5) is 13.2 Å². The lowest BCUT2D eigenvalue weighted by Crippen LogP contribution is -2.39. The smallest absolute Gasteiger partial charge is 0.338 e. The molecule has 1 aliphatic carbocycles. The van der Waals surface area contributed by atoms with Gasteiger partial charge in [-0.2, -0.15) is 18.3 Å². The lowest BCUT2D eigenvalue weighted by atomic mass is 9.92. The molecule has 0 radical (unpaired) electrons. The van der Waals surface area contributed by atoms with Gasteiger partial charge in [0, 0.05) is 41.0 Å². The molecular weight excluding hydrogens is 425 g/mol. The van der Waals surface area contributed by atoms with Gasteiger partial charge in [0.1, 0.15) is 5.69 Å². The molecule has 1 fully saturated rings. The van der Waals surface area contributed by atoms with Gasteiger partial charge in [-0.3, -0.25) is 4.79 Å². The van der Waals surface area contributed by atoms with Gasteiger partial charge in [-0.05, 0) is 57.1 Å². The van der Waals surface area contributed by atoms with Crippen LogP contribution in [0, 0.1) is 6.92 Å². The van der Waals surface area contributed by atoms with Crippen molar-refractivity contribution >= 4 is 22.9 Å². The quantitative estimate of drug-likeness (QED) is 0.553. The molecule has 1 saturated heterocycles. The Hall–Kier alpha value is -2.42. The average Bonchev–Trinajstić information content (AvgIpc) is 3.34. The Morgan fingerprint density at radius 2 is 2.00 bits per heavy atom. The molecule has 0 bridgehead atoms. The van der Waals surface area contributed by atoms with E-state index in [1.807, 2.05) is 5.38 Å². The highest BCUT2D eigenvalue weighted by molar-refractivity contribution is 7.10. The average molecular weight is 449 g/mol. The van der Waals surface area contributed by atoms with E-state index in [2.05, 4.69) is 10.1 Å². The Bertz CT molecular complexity index is 1150. The number of alkyl halides is 3. The van der Waals surface area contributed by atoms with Crippen LogP contribution in [0.1, 0.15) is 69.5 Å². The summed E-state index contributed by atoms with van der Waals surface area (Å²) in [5.41, 5.74) is 2.19. The van der Waals surface area contributed by atoms with E-state index in [4.69, 9.17) is 0 Å². The molecule has 1 amide bonds. The van der Waals surface area contributed by atoms with Gasteiger partial charge in [0.25, 0.3) is 5.91 Å². The SMILES string of the molecule is Cc1cc2nc(C3CCCN(C(=O)c4csc5c4CCCC5)C3)cc(C(F)(F)F)n2n1. The summed E-state index contributed by atoms with van der Waals surface area (Å²) in [4.78, 5) is 20.9. The summed E-state index contributed by atoms with van der Waals surface area (Å²) in [6, 6.07) is 2.66. The number of rotatable bonds is 2. The van der Waals surface area contributed by atoms with Crippen LogP contribution in [0.15, 0.2) is 17.5 Å². The monoisotopic (exact) mass is 448 g/mol. The van der Waals surface area contributed by atoms with E-state index in [0.717, 1.165) is 48.2 Å². The van der Waals surface area contributed by atoms with Crippen molar-refractivity contribution in [2.45, 2.75) is 57.5 Å². The van der Waals surface area contributed by atoms with Crippen LogP contribution in [-0.4, -0.2) is 38.5 Å². The minimum Gasteiger partial charge on any atom is -0.338 e. The minimum absolute atomic E-state index is 0.00131. The Morgan fingerprint density at radius 1 is 1.19 bits per heavy atom. The highest BCUT2D eigenvalue weighted by Gasteiger charge is 2.37. The predicted molar refractivity (Wildman–Crippen MR) is 112 cm³/mol. The van der Waals surface area contributed by atoms with Crippen LogP contribution < -0.4 is 0 Å². The zero-order chi connectivity index (χ0) is 21.8. The van der Waals surface area contributed by atoms with E-state index in [-0.39, 0.29) is 17.5 Å². The summed E-state index contributed by atoms with van der Waals surface area (Å²) in [6.45, 7) is 2.66. The first-order chi connectivity index (χ1) is 14.8. The van der Waals surface area contributed by atoms with Gasteiger partial charge in [0.15, 0.2) is 5.65 Å². The van der Waals surface area contributed by atoms with Crippen molar-refractivity contribution in [2.75, 3.05) is 13.1 Å². The second-order valence-corrected chi connectivity index (χ2v) is 9.43. The van der Waals surface area contributed by atoms with Gasteiger partial charge in [-0.15, -0.1) is 11.3 Å². The van der Waals surface area contributed by atoms with Crippen molar-refractivity contribution in [3.63, 3.8) is 0 Å². The first kappa shape index (κ1) is 20.5. The molecule has 9 heteroatoms. The number of likely N-dealkylation sites (tertiary alicyclic amines) is 1. The van der Waals surface area contributed by atoms with Crippen LogP contribution in [0.25, 0.3) is 5.65 Å². The van der Waals surface area contributed by atoms with Crippen molar-refractivity contribution in [2.24, 2.45) is 0 Å². The topological polar surface area (TPSA) is 50.5 Å². The van der Waals surface area contributed by atoms with Gasteiger partial charge in [-0.1, -0.05) is 0 Å². The number of amides is 1. The Balaban J connectivity index is 1.45.